The number of carbonyl (C=O) groups is 1. The van der Waals surface area contributed by atoms with Gasteiger partial charge in [-0.3, -0.25) is 4.79 Å². The highest BCUT2D eigenvalue weighted by Gasteiger charge is 2.18. The third kappa shape index (κ3) is 2.47. The van der Waals surface area contributed by atoms with Crippen molar-refractivity contribution >= 4 is 5.78 Å². The fraction of sp³-hybridized carbons (Fsp3) is 0.533. The van der Waals surface area contributed by atoms with Crippen LogP contribution in [0.2, 0.25) is 0 Å². The van der Waals surface area contributed by atoms with Gasteiger partial charge in [0.25, 0.3) is 0 Å². The molecule has 0 amide bonds. The Morgan fingerprint density at radius 1 is 1.33 bits per heavy atom. The minimum atomic E-state index is 0.250. The topological polar surface area (TPSA) is 38.3 Å². The summed E-state index contributed by atoms with van der Waals surface area (Å²) in [5, 5.41) is 3.30. The second-order valence-corrected chi connectivity index (χ2v) is 5.18. The molecule has 0 spiro atoms. The molecule has 2 heterocycles. The van der Waals surface area contributed by atoms with E-state index in [0.29, 0.717) is 12.5 Å². The number of fused-ring (bicyclic) bond motifs is 1. The van der Waals surface area contributed by atoms with E-state index in [-0.39, 0.29) is 5.78 Å². The second-order valence-electron chi connectivity index (χ2n) is 5.18. The van der Waals surface area contributed by atoms with Crippen molar-refractivity contribution in [1.82, 2.24) is 5.32 Å². The molecule has 1 saturated heterocycles. The molecule has 96 valence electrons. The molecule has 3 rings (SSSR count). The molecule has 1 N–H and O–H groups in total. The SMILES string of the molecule is O=C(CCC1CCCO1)c1ccc2c(c1)CNC2. The van der Waals surface area contributed by atoms with Crippen LogP contribution in [-0.2, 0) is 17.8 Å². The Morgan fingerprint density at radius 3 is 3.06 bits per heavy atom. The molecule has 2 aliphatic heterocycles. The van der Waals surface area contributed by atoms with Crippen LogP contribution in [0.3, 0.4) is 0 Å². The minimum absolute atomic E-state index is 0.250. The molecule has 1 aromatic carbocycles. The van der Waals surface area contributed by atoms with Crippen LogP contribution < -0.4 is 5.32 Å². The first-order valence-electron chi connectivity index (χ1n) is 6.80. The molecule has 1 aromatic rings. The molecule has 0 aliphatic carbocycles. The fourth-order valence-electron chi connectivity index (χ4n) is 2.78. The Morgan fingerprint density at radius 2 is 2.22 bits per heavy atom. The molecule has 3 heteroatoms. The van der Waals surface area contributed by atoms with Gasteiger partial charge in [0.2, 0.25) is 0 Å². The Labute approximate surface area is 108 Å². The zero-order chi connectivity index (χ0) is 12.4. The van der Waals surface area contributed by atoms with Crippen molar-refractivity contribution < 1.29 is 9.53 Å². The highest BCUT2D eigenvalue weighted by atomic mass is 16.5. The Kier molecular flexibility index (Phi) is 3.43. The van der Waals surface area contributed by atoms with E-state index in [9.17, 15) is 4.79 Å². The molecular weight excluding hydrogens is 226 g/mol. The van der Waals surface area contributed by atoms with Gasteiger partial charge in [-0.2, -0.15) is 0 Å². The van der Waals surface area contributed by atoms with E-state index in [2.05, 4.69) is 11.4 Å². The first-order valence-corrected chi connectivity index (χ1v) is 6.80. The van der Waals surface area contributed by atoms with Gasteiger partial charge in [0, 0.05) is 31.7 Å². The van der Waals surface area contributed by atoms with E-state index in [4.69, 9.17) is 4.74 Å². The van der Waals surface area contributed by atoms with E-state index in [1.165, 1.54) is 11.1 Å². The molecule has 0 radical (unpaired) electrons. The number of ether oxygens (including phenoxy) is 1. The molecule has 1 atom stereocenters. The van der Waals surface area contributed by atoms with Crippen LogP contribution in [0.4, 0.5) is 0 Å². The van der Waals surface area contributed by atoms with Crippen molar-refractivity contribution in [2.75, 3.05) is 6.61 Å². The van der Waals surface area contributed by atoms with Gasteiger partial charge < -0.3 is 10.1 Å². The number of hydrogen-bond acceptors (Lipinski definition) is 3. The summed E-state index contributed by atoms with van der Waals surface area (Å²) in [7, 11) is 0. The number of carbonyl (C=O) groups excluding carboxylic acids is 1. The Bertz CT molecular complexity index is 450. The van der Waals surface area contributed by atoms with Crippen LogP contribution in [0, 0.1) is 0 Å². The van der Waals surface area contributed by atoms with Crippen molar-refractivity contribution in [2.24, 2.45) is 0 Å². The minimum Gasteiger partial charge on any atom is -0.378 e. The number of benzene rings is 1. The predicted octanol–water partition coefficient (Wildman–Crippen LogP) is 2.43. The quantitative estimate of drug-likeness (QED) is 0.828. The van der Waals surface area contributed by atoms with Gasteiger partial charge in [0.15, 0.2) is 5.78 Å². The van der Waals surface area contributed by atoms with E-state index in [0.717, 1.165) is 44.5 Å². The maximum absolute atomic E-state index is 12.1. The standard InChI is InChI=1S/C15H19NO2/c17-15(6-5-14-2-1-7-18-14)11-3-4-12-9-16-10-13(12)8-11/h3-4,8,14,16H,1-2,5-7,9-10H2. The summed E-state index contributed by atoms with van der Waals surface area (Å²) < 4.78 is 5.55. The fourth-order valence-corrected chi connectivity index (χ4v) is 2.78. The van der Waals surface area contributed by atoms with E-state index < -0.39 is 0 Å². The van der Waals surface area contributed by atoms with Crippen LogP contribution in [0.1, 0.15) is 47.2 Å². The molecule has 2 aliphatic rings. The normalized spacial score (nSPS) is 22.1. The predicted molar refractivity (Wildman–Crippen MR) is 69.5 cm³/mol. The van der Waals surface area contributed by atoms with Gasteiger partial charge in [-0.25, -0.2) is 0 Å². The molecule has 1 fully saturated rings. The Hall–Kier alpha value is -1.19. The summed E-state index contributed by atoms with van der Waals surface area (Å²) in [4.78, 5) is 12.1. The highest BCUT2D eigenvalue weighted by Crippen LogP contribution is 2.21. The van der Waals surface area contributed by atoms with Crippen molar-refractivity contribution in [1.29, 1.82) is 0 Å². The van der Waals surface area contributed by atoms with Crippen molar-refractivity contribution in [3.05, 3.63) is 34.9 Å². The summed E-state index contributed by atoms with van der Waals surface area (Å²) in [5.41, 5.74) is 3.46. The second kappa shape index (κ2) is 5.21. The molecule has 0 bridgehead atoms. The number of ketones is 1. The van der Waals surface area contributed by atoms with Crippen LogP contribution >= 0.6 is 0 Å². The summed E-state index contributed by atoms with van der Waals surface area (Å²) in [6, 6.07) is 6.09. The van der Waals surface area contributed by atoms with Gasteiger partial charge in [0.1, 0.15) is 0 Å². The van der Waals surface area contributed by atoms with Crippen molar-refractivity contribution in [3.8, 4) is 0 Å². The number of hydrogen-bond donors (Lipinski definition) is 1. The molecular formula is C15H19NO2. The molecule has 18 heavy (non-hydrogen) atoms. The maximum Gasteiger partial charge on any atom is 0.162 e. The average Bonchev–Trinajstić information content (AvgIpc) is 3.05. The third-order valence-corrected chi connectivity index (χ3v) is 3.88. The summed E-state index contributed by atoms with van der Waals surface area (Å²) in [6.07, 6.45) is 4.04. The molecule has 3 nitrogen and oxygen atoms in total. The molecule has 0 saturated carbocycles. The number of rotatable bonds is 4. The van der Waals surface area contributed by atoms with Gasteiger partial charge >= 0.3 is 0 Å². The van der Waals surface area contributed by atoms with Gasteiger partial charge in [-0.1, -0.05) is 12.1 Å². The van der Waals surface area contributed by atoms with Crippen LogP contribution in [0.25, 0.3) is 0 Å². The lowest BCUT2D eigenvalue weighted by molar-refractivity contribution is 0.0859. The molecule has 1 unspecified atom stereocenters. The number of Topliss-reactive ketones (excluding diaryl/α,β-unsaturated/α-hetero) is 1. The van der Waals surface area contributed by atoms with Gasteiger partial charge in [-0.05, 0) is 36.5 Å². The average molecular weight is 245 g/mol. The van der Waals surface area contributed by atoms with E-state index >= 15 is 0 Å². The highest BCUT2D eigenvalue weighted by molar-refractivity contribution is 5.96. The largest absolute Gasteiger partial charge is 0.378 e. The maximum atomic E-state index is 12.1. The van der Waals surface area contributed by atoms with Crippen LogP contribution in [0.5, 0.6) is 0 Å². The van der Waals surface area contributed by atoms with Gasteiger partial charge in [0.05, 0.1) is 6.10 Å². The summed E-state index contributed by atoms with van der Waals surface area (Å²) in [6.45, 7) is 2.69. The first kappa shape index (κ1) is 11.9. The van der Waals surface area contributed by atoms with E-state index in [1.807, 2.05) is 12.1 Å². The van der Waals surface area contributed by atoms with Gasteiger partial charge in [-0.15, -0.1) is 0 Å². The summed E-state index contributed by atoms with van der Waals surface area (Å²) in [5.74, 6) is 0.250. The number of nitrogens with one attached hydrogen (secondary N) is 1. The van der Waals surface area contributed by atoms with Crippen molar-refractivity contribution in [2.45, 2.75) is 44.9 Å². The van der Waals surface area contributed by atoms with Crippen molar-refractivity contribution in [3.63, 3.8) is 0 Å². The zero-order valence-corrected chi connectivity index (χ0v) is 10.6. The lowest BCUT2D eigenvalue weighted by atomic mass is 10.00. The zero-order valence-electron chi connectivity index (χ0n) is 10.6. The smallest absolute Gasteiger partial charge is 0.162 e. The Balaban J connectivity index is 1.61. The monoisotopic (exact) mass is 245 g/mol. The summed E-state index contributed by atoms with van der Waals surface area (Å²) >= 11 is 0. The lowest BCUT2D eigenvalue weighted by Gasteiger charge is -2.08. The molecule has 0 aromatic heterocycles. The third-order valence-electron chi connectivity index (χ3n) is 3.88. The van der Waals surface area contributed by atoms with E-state index in [1.54, 1.807) is 0 Å². The first-order chi connectivity index (χ1) is 8.83. The van der Waals surface area contributed by atoms with Crippen LogP contribution in [0.15, 0.2) is 18.2 Å². The lowest BCUT2D eigenvalue weighted by Crippen LogP contribution is -2.09. The van der Waals surface area contributed by atoms with Crippen LogP contribution in [-0.4, -0.2) is 18.5 Å².